The van der Waals surface area contributed by atoms with Crippen molar-refractivity contribution < 1.29 is 14.6 Å². The van der Waals surface area contributed by atoms with E-state index >= 15 is 0 Å². The molecule has 1 unspecified atom stereocenters. The van der Waals surface area contributed by atoms with Gasteiger partial charge in [-0.05, 0) is 32.0 Å². The van der Waals surface area contributed by atoms with Crippen LogP contribution in [0.25, 0.3) is 0 Å². The van der Waals surface area contributed by atoms with Crippen molar-refractivity contribution in [3.8, 4) is 11.5 Å². The largest absolute Gasteiger partial charge is 0.497 e. The van der Waals surface area contributed by atoms with Crippen LogP contribution < -0.4 is 15.2 Å². The molecule has 0 saturated heterocycles. The number of ether oxygens (including phenoxy) is 2. The van der Waals surface area contributed by atoms with Crippen LogP contribution in [0, 0.1) is 0 Å². The fourth-order valence-electron chi connectivity index (χ4n) is 1.45. The van der Waals surface area contributed by atoms with Gasteiger partial charge in [-0.2, -0.15) is 0 Å². The molecule has 0 saturated carbocycles. The van der Waals surface area contributed by atoms with Crippen molar-refractivity contribution in [2.24, 2.45) is 5.73 Å². The standard InChI is InChI=1S/C12H19NO3/c1-12(2,13)11(14)9-7-8(15-3)5-6-10(9)16-4/h5-7,11,14H,13H2,1-4H3. The Balaban J connectivity index is 3.18. The Bertz CT molecular complexity index is 358. The minimum atomic E-state index is -0.808. The molecule has 4 heteroatoms. The van der Waals surface area contributed by atoms with Gasteiger partial charge in [0.05, 0.1) is 14.2 Å². The van der Waals surface area contributed by atoms with E-state index in [9.17, 15) is 5.11 Å². The highest BCUT2D eigenvalue weighted by atomic mass is 16.5. The number of hydrogen-bond acceptors (Lipinski definition) is 4. The molecule has 90 valence electrons. The number of aliphatic hydroxyl groups excluding tert-OH is 1. The maximum absolute atomic E-state index is 10.1. The van der Waals surface area contributed by atoms with Gasteiger partial charge in [0.15, 0.2) is 0 Å². The second kappa shape index (κ2) is 4.72. The number of hydrogen-bond donors (Lipinski definition) is 2. The van der Waals surface area contributed by atoms with E-state index in [4.69, 9.17) is 15.2 Å². The van der Waals surface area contributed by atoms with Crippen molar-refractivity contribution in [3.05, 3.63) is 23.8 Å². The van der Waals surface area contributed by atoms with Crippen LogP contribution in [0.2, 0.25) is 0 Å². The molecule has 0 aliphatic rings. The maximum Gasteiger partial charge on any atom is 0.125 e. The molecule has 0 heterocycles. The van der Waals surface area contributed by atoms with E-state index in [0.717, 1.165) is 0 Å². The van der Waals surface area contributed by atoms with Gasteiger partial charge in [-0.1, -0.05) is 0 Å². The van der Waals surface area contributed by atoms with Gasteiger partial charge in [0, 0.05) is 11.1 Å². The minimum absolute atomic E-state index is 0.604. The summed E-state index contributed by atoms with van der Waals surface area (Å²) in [6.45, 7) is 3.52. The second-order valence-corrected chi connectivity index (χ2v) is 4.33. The van der Waals surface area contributed by atoms with Crippen LogP contribution >= 0.6 is 0 Å². The number of benzene rings is 1. The molecule has 1 aromatic carbocycles. The van der Waals surface area contributed by atoms with Crippen LogP contribution in [-0.2, 0) is 0 Å². The fraction of sp³-hybridized carbons (Fsp3) is 0.500. The zero-order chi connectivity index (χ0) is 12.3. The van der Waals surface area contributed by atoms with E-state index in [1.54, 1.807) is 46.3 Å². The van der Waals surface area contributed by atoms with Gasteiger partial charge in [0.25, 0.3) is 0 Å². The van der Waals surface area contributed by atoms with Crippen LogP contribution in [-0.4, -0.2) is 24.9 Å². The van der Waals surface area contributed by atoms with Gasteiger partial charge in [-0.3, -0.25) is 0 Å². The molecule has 0 aliphatic carbocycles. The quantitative estimate of drug-likeness (QED) is 0.814. The predicted octanol–water partition coefficient (Wildman–Crippen LogP) is 1.47. The molecular weight excluding hydrogens is 206 g/mol. The van der Waals surface area contributed by atoms with Gasteiger partial charge in [0.1, 0.15) is 17.6 Å². The highest BCUT2D eigenvalue weighted by molar-refractivity contribution is 5.42. The first kappa shape index (κ1) is 12.8. The highest BCUT2D eigenvalue weighted by Crippen LogP contribution is 2.33. The Morgan fingerprint density at radius 2 is 1.88 bits per heavy atom. The first-order chi connectivity index (χ1) is 7.40. The van der Waals surface area contributed by atoms with Crippen molar-refractivity contribution in [2.45, 2.75) is 25.5 Å². The first-order valence-corrected chi connectivity index (χ1v) is 5.09. The van der Waals surface area contributed by atoms with Crippen LogP contribution in [0.4, 0.5) is 0 Å². The number of rotatable bonds is 4. The van der Waals surface area contributed by atoms with Gasteiger partial charge >= 0.3 is 0 Å². The third-order valence-electron chi connectivity index (χ3n) is 2.44. The lowest BCUT2D eigenvalue weighted by Gasteiger charge is -2.27. The topological polar surface area (TPSA) is 64.7 Å². The molecule has 0 spiro atoms. The van der Waals surface area contributed by atoms with E-state index in [0.29, 0.717) is 17.1 Å². The van der Waals surface area contributed by atoms with Crippen molar-refractivity contribution in [2.75, 3.05) is 14.2 Å². The zero-order valence-electron chi connectivity index (χ0n) is 10.2. The fourth-order valence-corrected chi connectivity index (χ4v) is 1.45. The van der Waals surface area contributed by atoms with Crippen LogP contribution in [0.3, 0.4) is 0 Å². The smallest absolute Gasteiger partial charge is 0.125 e. The molecule has 16 heavy (non-hydrogen) atoms. The third kappa shape index (κ3) is 2.65. The minimum Gasteiger partial charge on any atom is -0.497 e. The van der Waals surface area contributed by atoms with Crippen molar-refractivity contribution in [3.63, 3.8) is 0 Å². The molecule has 0 bridgehead atoms. The average Bonchev–Trinajstić information content (AvgIpc) is 2.25. The first-order valence-electron chi connectivity index (χ1n) is 5.09. The van der Waals surface area contributed by atoms with Crippen LogP contribution in [0.15, 0.2) is 18.2 Å². The van der Waals surface area contributed by atoms with Gasteiger partial charge < -0.3 is 20.3 Å². The lowest BCUT2D eigenvalue weighted by molar-refractivity contribution is 0.101. The lowest BCUT2D eigenvalue weighted by Crippen LogP contribution is -2.39. The van der Waals surface area contributed by atoms with Crippen molar-refractivity contribution in [1.29, 1.82) is 0 Å². The van der Waals surface area contributed by atoms with Crippen molar-refractivity contribution >= 4 is 0 Å². The summed E-state index contributed by atoms with van der Waals surface area (Å²) in [6, 6.07) is 5.26. The molecule has 0 aliphatic heterocycles. The lowest BCUT2D eigenvalue weighted by atomic mass is 9.92. The zero-order valence-corrected chi connectivity index (χ0v) is 10.2. The summed E-state index contributed by atoms with van der Waals surface area (Å²) in [5.41, 5.74) is 5.78. The van der Waals surface area contributed by atoms with E-state index in [1.165, 1.54) is 0 Å². The summed E-state index contributed by atoms with van der Waals surface area (Å²) >= 11 is 0. The third-order valence-corrected chi connectivity index (χ3v) is 2.44. The number of methoxy groups -OCH3 is 2. The SMILES string of the molecule is COc1ccc(OC)c(C(O)C(C)(C)N)c1. The number of aliphatic hydroxyl groups is 1. The normalized spacial score (nSPS) is 13.4. The molecule has 0 amide bonds. The summed E-state index contributed by atoms with van der Waals surface area (Å²) in [6.07, 6.45) is -0.808. The molecule has 1 rings (SSSR count). The van der Waals surface area contributed by atoms with E-state index in [2.05, 4.69) is 0 Å². The van der Waals surface area contributed by atoms with Crippen molar-refractivity contribution in [1.82, 2.24) is 0 Å². The van der Waals surface area contributed by atoms with E-state index in [1.807, 2.05) is 0 Å². The van der Waals surface area contributed by atoms with E-state index < -0.39 is 11.6 Å². The van der Waals surface area contributed by atoms with Crippen LogP contribution in [0.1, 0.15) is 25.5 Å². The Morgan fingerprint density at radius 1 is 1.25 bits per heavy atom. The van der Waals surface area contributed by atoms with Gasteiger partial charge in [-0.25, -0.2) is 0 Å². The van der Waals surface area contributed by atoms with E-state index in [-0.39, 0.29) is 0 Å². The van der Waals surface area contributed by atoms with Gasteiger partial charge in [-0.15, -0.1) is 0 Å². The van der Waals surface area contributed by atoms with Crippen LogP contribution in [0.5, 0.6) is 11.5 Å². The average molecular weight is 225 g/mol. The molecule has 4 nitrogen and oxygen atoms in total. The molecule has 1 atom stereocenters. The molecule has 0 fully saturated rings. The monoisotopic (exact) mass is 225 g/mol. The Hall–Kier alpha value is -1.26. The van der Waals surface area contributed by atoms with Gasteiger partial charge in [0.2, 0.25) is 0 Å². The molecular formula is C12H19NO3. The predicted molar refractivity (Wildman–Crippen MR) is 62.8 cm³/mol. The Kier molecular flexibility index (Phi) is 3.78. The molecule has 0 aromatic heterocycles. The highest BCUT2D eigenvalue weighted by Gasteiger charge is 2.27. The maximum atomic E-state index is 10.1. The summed E-state index contributed by atoms with van der Waals surface area (Å²) in [4.78, 5) is 0. The Morgan fingerprint density at radius 3 is 2.31 bits per heavy atom. The summed E-state index contributed by atoms with van der Waals surface area (Å²) in [7, 11) is 3.13. The molecule has 1 aromatic rings. The second-order valence-electron chi connectivity index (χ2n) is 4.33. The molecule has 0 radical (unpaired) electrons. The summed E-state index contributed by atoms with van der Waals surface area (Å²) < 4.78 is 10.3. The summed E-state index contributed by atoms with van der Waals surface area (Å²) in [5.74, 6) is 1.27. The molecule has 3 N–H and O–H groups in total. The summed E-state index contributed by atoms with van der Waals surface area (Å²) in [5, 5.41) is 10.1. The Labute approximate surface area is 96.0 Å². The number of nitrogens with two attached hydrogens (primary N) is 1.